The van der Waals surface area contributed by atoms with Gasteiger partial charge >= 0.3 is 6.18 Å². The van der Waals surface area contributed by atoms with E-state index in [1.54, 1.807) is 30.3 Å². The third-order valence-corrected chi connectivity index (χ3v) is 2.95. The van der Waals surface area contributed by atoms with Crippen molar-refractivity contribution < 1.29 is 22.7 Å². The predicted octanol–water partition coefficient (Wildman–Crippen LogP) is 4.12. The van der Waals surface area contributed by atoms with Gasteiger partial charge in [-0.3, -0.25) is 0 Å². The van der Waals surface area contributed by atoms with Gasteiger partial charge in [0.1, 0.15) is 5.82 Å². The number of halogens is 4. The van der Waals surface area contributed by atoms with Crippen LogP contribution in [0.25, 0.3) is 0 Å². The molecule has 0 saturated carbocycles. The van der Waals surface area contributed by atoms with Gasteiger partial charge in [-0.25, -0.2) is 4.39 Å². The van der Waals surface area contributed by atoms with Crippen LogP contribution in [0.2, 0.25) is 0 Å². The van der Waals surface area contributed by atoms with Crippen molar-refractivity contribution in [2.45, 2.75) is 18.7 Å². The molecule has 1 unspecified atom stereocenters. The molecule has 0 radical (unpaired) electrons. The van der Waals surface area contributed by atoms with Gasteiger partial charge in [-0.2, -0.15) is 13.2 Å². The first kappa shape index (κ1) is 14.5. The minimum absolute atomic E-state index is 0.0546. The molecule has 0 fully saturated rings. The summed E-state index contributed by atoms with van der Waals surface area (Å²) in [5.74, 6) is -0.846. The van der Waals surface area contributed by atoms with E-state index in [0.717, 1.165) is 11.6 Å². The molecule has 2 aromatic rings. The maximum atomic E-state index is 13.6. The quantitative estimate of drug-likeness (QED) is 0.841. The fourth-order valence-corrected chi connectivity index (χ4v) is 1.92. The molecule has 0 spiro atoms. The van der Waals surface area contributed by atoms with Gasteiger partial charge in [0.25, 0.3) is 0 Å². The van der Waals surface area contributed by atoms with Crippen molar-refractivity contribution in [2.24, 2.45) is 0 Å². The minimum Gasteiger partial charge on any atom is -0.388 e. The summed E-state index contributed by atoms with van der Waals surface area (Å²) < 4.78 is 51.3. The Morgan fingerprint density at radius 1 is 1.00 bits per heavy atom. The first-order valence-corrected chi connectivity index (χ1v) is 5.96. The first-order chi connectivity index (χ1) is 9.38. The predicted molar refractivity (Wildman–Crippen MR) is 66.5 cm³/mol. The smallest absolute Gasteiger partial charge is 0.388 e. The van der Waals surface area contributed by atoms with E-state index in [1.165, 1.54) is 0 Å². The van der Waals surface area contributed by atoms with Crippen molar-refractivity contribution in [3.8, 4) is 0 Å². The van der Waals surface area contributed by atoms with Crippen LogP contribution in [0.5, 0.6) is 0 Å². The van der Waals surface area contributed by atoms with Crippen molar-refractivity contribution in [2.75, 3.05) is 0 Å². The monoisotopic (exact) mass is 284 g/mol. The molecule has 0 amide bonds. The van der Waals surface area contributed by atoms with Crippen LogP contribution in [-0.2, 0) is 12.6 Å². The molecule has 1 N–H and O–H groups in total. The fourth-order valence-electron chi connectivity index (χ4n) is 1.92. The Kier molecular flexibility index (Phi) is 4.09. The Balaban J connectivity index is 2.27. The Labute approximate surface area is 113 Å². The van der Waals surface area contributed by atoms with Crippen molar-refractivity contribution in [3.05, 3.63) is 71.0 Å². The van der Waals surface area contributed by atoms with E-state index in [2.05, 4.69) is 0 Å². The Bertz CT molecular complexity index is 578. The summed E-state index contributed by atoms with van der Waals surface area (Å²) in [6.07, 6.45) is -5.83. The van der Waals surface area contributed by atoms with Gasteiger partial charge in [-0.1, -0.05) is 30.3 Å². The molecule has 0 saturated heterocycles. The topological polar surface area (TPSA) is 20.2 Å². The van der Waals surface area contributed by atoms with Gasteiger partial charge in [0.2, 0.25) is 0 Å². The molecule has 20 heavy (non-hydrogen) atoms. The Morgan fingerprint density at radius 3 is 2.25 bits per heavy atom. The maximum absolute atomic E-state index is 13.6. The SMILES string of the molecule is OC(Cc1ccccc1)c1cc(C(F)(F)F)ccc1F. The molecule has 0 aromatic heterocycles. The van der Waals surface area contributed by atoms with E-state index in [9.17, 15) is 22.7 Å². The first-order valence-electron chi connectivity index (χ1n) is 5.96. The summed E-state index contributed by atoms with van der Waals surface area (Å²) in [5.41, 5.74) is -0.596. The lowest BCUT2D eigenvalue weighted by Gasteiger charge is -2.15. The van der Waals surface area contributed by atoms with Gasteiger partial charge in [-0.05, 0) is 23.8 Å². The molecule has 0 aliphatic rings. The summed E-state index contributed by atoms with van der Waals surface area (Å²) >= 11 is 0. The van der Waals surface area contributed by atoms with E-state index in [4.69, 9.17) is 0 Å². The number of aliphatic hydroxyl groups excluding tert-OH is 1. The normalized spacial score (nSPS) is 13.2. The maximum Gasteiger partial charge on any atom is 0.416 e. The summed E-state index contributed by atoms with van der Waals surface area (Å²) in [6.45, 7) is 0. The average Bonchev–Trinajstić information content (AvgIpc) is 2.39. The minimum atomic E-state index is -4.56. The molecule has 2 rings (SSSR count). The zero-order valence-electron chi connectivity index (χ0n) is 10.4. The molecule has 5 heteroatoms. The molecule has 2 aromatic carbocycles. The molecule has 0 heterocycles. The highest BCUT2D eigenvalue weighted by Gasteiger charge is 2.31. The van der Waals surface area contributed by atoms with Gasteiger partial charge in [0.15, 0.2) is 0 Å². The third-order valence-electron chi connectivity index (χ3n) is 2.95. The van der Waals surface area contributed by atoms with E-state index in [0.29, 0.717) is 12.1 Å². The molecular formula is C15H12F4O. The third kappa shape index (κ3) is 3.36. The second kappa shape index (κ2) is 5.63. The second-order valence-corrected chi connectivity index (χ2v) is 4.44. The lowest BCUT2D eigenvalue weighted by Crippen LogP contribution is -2.10. The van der Waals surface area contributed by atoms with Gasteiger partial charge in [0, 0.05) is 12.0 Å². The fraction of sp³-hybridized carbons (Fsp3) is 0.200. The second-order valence-electron chi connectivity index (χ2n) is 4.44. The molecule has 0 aliphatic carbocycles. The summed E-state index contributed by atoms with van der Waals surface area (Å²) in [6, 6.07) is 10.7. The van der Waals surface area contributed by atoms with E-state index in [-0.39, 0.29) is 12.0 Å². The van der Waals surface area contributed by atoms with E-state index in [1.807, 2.05) is 0 Å². The standard InChI is InChI=1S/C15H12F4O/c16-13-7-6-11(15(17,18)19)9-12(13)14(20)8-10-4-2-1-3-5-10/h1-7,9,14,20H,8H2. The lowest BCUT2D eigenvalue weighted by molar-refractivity contribution is -0.137. The molecular weight excluding hydrogens is 272 g/mol. The summed E-state index contributed by atoms with van der Waals surface area (Å²) in [4.78, 5) is 0. The van der Waals surface area contributed by atoms with Gasteiger partial charge in [-0.15, -0.1) is 0 Å². The van der Waals surface area contributed by atoms with Crippen LogP contribution in [0.4, 0.5) is 17.6 Å². The number of hydrogen-bond acceptors (Lipinski definition) is 1. The molecule has 1 atom stereocenters. The van der Waals surface area contributed by atoms with Crippen molar-refractivity contribution in [1.82, 2.24) is 0 Å². The van der Waals surface area contributed by atoms with Crippen LogP contribution in [0.1, 0.15) is 22.8 Å². The van der Waals surface area contributed by atoms with Crippen molar-refractivity contribution in [3.63, 3.8) is 0 Å². The largest absolute Gasteiger partial charge is 0.416 e. The van der Waals surface area contributed by atoms with Crippen molar-refractivity contribution in [1.29, 1.82) is 0 Å². The van der Waals surface area contributed by atoms with E-state index < -0.39 is 23.7 Å². The lowest BCUT2D eigenvalue weighted by atomic mass is 9.99. The highest BCUT2D eigenvalue weighted by Crippen LogP contribution is 2.32. The van der Waals surface area contributed by atoms with Gasteiger partial charge < -0.3 is 5.11 Å². The van der Waals surface area contributed by atoms with Crippen LogP contribution in [0.3, 0.4) is 0 Å². The summed E-state index contributed by atoms with van der Waals surface area (Å²) in [5, 5.41) is 9.94. The van der Waals surface area contributed by atoms with Crippen molar-refractivity contribution >= 4 is 0 Å². The van der Waals surface area contributed by atoms with Crippen LogP contribution in [0, 0.1) is 5.82 Å². The van der Waals surface area contributed by atoms with Crippen LogP contribution < -0.4 is 0 Å². The van der Waals surface area contributed by atoms with Crippen LogP contribution in [0.15, 0.2) is 48.5 Å². The Morgan fingerprint density at radius 2 is 1.65 bits per heavy atom. The number of aliphatic hydroxyl groups is 1. The van der Waals surface area contributed by atoms with Crippen LogP contribution in [-0.4, -0.2) is 5.11 Å². The summed E-state index contributed by atoms with van der Waals surface area (Å²) in [7, 11) is 0. The number of hydrogen-bond donors (Lipinski definition) is 1. The molecule has 106 valence electrons. The number of alkyl halides is 3. The zero-order valence-corrected chi connectivity index (χ0v) is 10.4. The number of rotatable bonds is 3. The highest BCUT2D eigenvalue weighted by atomic mass is 19.4. The van der Waals surface area contributed by atoms with Crippen LogP contribution >= 0.6 is 0 Å². The van der Waals surface area contributed by atoms with E-state index >= 15 is 0 Å². The molecule has 0 bridgehead atoms. The zero-order chi connectivity index (χ0) is 14.8. The molecule has 0 aliphatic heterocycles. The molecule has 1 nitrogen and oxygen atoms in total. The number of benzene rings is 2. The highest BCUT2D eigenvalue weighted by molar-refractivity contribution is 5.30. The Hall–Kier alpha value is -1.88. The van der Waals surface area contributed by atoms with Gasteiger partial charge in [0.05, 0.1) is 11.7 Å². The average molecular weight is 284 g/mol.